The molecule has 1 aromatic carbocycles. The van der Waals surface area contributed by atoms with Crippen molar-refractivity contribution in [2.24, 2.45) is 4.99 Å². The van der Waals surface area contributed by atoms with Crippen LogP contribution in [0.1, 0.15) is 37.8 Å². The number of aryl methyl sites for hydroxylation is 1. The number of aliphatic imine (C=N–C) groups is 1. The Morgan fingerprint density at radius 1 is 1.17 bits per heavy atom. The van der Waals surface area contributed by atoms with E-state index in [-0.39, 0.29) is 0 Å². The molecule has 1 aromatic rings. The lowest BCUT2D eigenvalue weighted by Gasteiger charge is -2.12. The number of benzene rings is 1. The first kappa shape index (κ1) is 19.3. The van der Waals surface area contributed by atoms with Gasteiger partial charge < -0.3 is 20.1 Å². The zero-order chi connectivity index (χ0) is 16.9. The number of ether oxygens (including phenoxy) is 2. The minimum Gasteiger partial charge on any atom is -0.496 e. The van der Waals surface area contributed by atoms with Gasteiger partial charge in [0.25, 0.3) is 0 Å². The van der Waals surface area contributed by atoms with Crippen LogP contribution in [0.3, 0.4) is 0 Å². The summed E-state index contributed by atoms with van der Waals surface area (Å²) in [5, 5.41) is 6.54. The zero-order valence-electron chi connectivity index (χ0n) is 14.9. The van der Waals surface area contributed by atoms with Gasteiger partial charge in [0.1, 0.15) is 5.75 Å². The predicted octanol–water partition coefficient (Wildman–Crippen LogP) is 2.88. The smallest absolute Gasteiger partial charge is 0.191 e. The molecule has 0 atom stereocenters. The van der Waals surface area contributed by atoms with Gasteiger partial charge in [-0.1, -0.05) is 25.5 Å². The van der Waals surface area contributed by atoms with Crippen LogP contribution in [-0.2, 0) is 11.3 Å². The van der Waals surface area contributed by atoms with Crippen LogP contribution in [0, 0.1) is 6.92 Å². The second-order valence-corrected chi connectivity index (χ2v) is 5.40. The Labute approximate surface area is 140 Å². The molecule has 0 fully saturated rings. The maximum atomic E-state index is 5.55. The first-order valence-corrected chi connectivity index (χ1v) is 8.44. The zero-order valence-corrected chi connectivity index (χ0v) is 14.9. The first-order chi connectivity index (χ1) is 11.2. The number of nitrogens with zero attached hydrogens (tertiary/aromatic N) is 1. The van der Waals surface area contributed by atoms with Gasteiger partial charge in [-0.15, -0.1) is 0 Å². The molecule has 130 valence electrons. The van der Waals surface area contributed by atoms with E-state index in [2.05, 4.69) is 48.5 Å². The molecule has 0 saturated carbocycles. The molecule has 23 heavy (non-hydrogen) atoms. The van der Waals surface area contributed by atoms with Gasteiger partial charge in [-0.05, 0) is 31.9 Å². The second-order valence-electron chi connectivity index (χ2n) is 5.40. The molecule has 0 unspecified atom stereocenters. The van der Waals surface area contributed by atoms with E-state index in [4.69, 9.17) is 9.47 Å². The van der Waals surface area contributed by atoms with E-state index in [9.17, 15) is 0 Å². The van der Waals surface area contributed by atoms with Crippen molar-refractivity contribution in [3.63, 3.8) is 0 Å². The lowest BCUT2D eigenvalue weighted by atomic mass is 10.1. The monoisotopic (exact) mass is 321 g/mol. The molecule has 5 heteroatoms. The summed E-state index contributed by atoms with van der Waals surface area (Å²) in [6.45, 7) is 9.95. The van der Waals surface area contributed by atoms with Gasteiger partial charge in [0.05, 0.1) is 20.3 Å². The van der Waals surface area contributed by atoms with Crippen molar-refractivity contribution in [1.82, 2.24) is 10.6 Å². The SMILES string of the molecule is CCCCOCCNC(=NCc1ccc(C)cc1OC)NCC. The summed E-state index contributed by atoms with van der Waals surface area (Å²) in [4.78, 5) is 4.61. The molecule has 0 aliphatic carbocycles. The largest absolute Gasteiger partial charge is 0.496 e. The highest BCUT2D eigenvalue weighted by Crippen LogP contribution is 2.20. The molecular weight excluding hydrogens is 290 g/mol. The van der Waals surface area contributed by atoms with Crippen molar-refractivity contribution in [3.05, 3.63) is 29.3 Å². The highest BCUT2D eigenvalue weighted by molar-refractivity contribution is 5.79. The summed E-state index contributed by atoms with van der Waals surface area (Å²) in [6.07, 6.45) is 2.28. The van der Waals surface area contributed by atoms with Crippen molar-refractivity contribution in [1.29, 1.82) is 0 Å². The normalized spacial score (nSPS) is 11.4. The molecule has 5 nitrogen and oxygen atoms in total. The lowest BCUT2D eigenvalue weighted by molar-refractivity contribution is 0.136. The summed E-state index contributed by atoms with van der Waals surface area (Å²) in [6, 6.07) is 6.18. The van der Waals surface area contributed by atoms with Crippen molar-refractivity contribution >= 4 is 5.96 Å². The Morgan fingerprint density at radius 2 is 2.00 bits per heavy atom. The minimum absolute atomic E-state index is 0.579. The van der Waals surface area contributed by atoms with Crippen LogP contribution in [0.4, 0.5) is 0 Å². The number of methoxy groups -OCH3 is 1. The topological polar surface area (TPSA) is 54.9 Å². The van der Waals surface area contributed by atoms with Crippen molar-refractivity contribution < 1.29 is 9.47 Å². The van der Waals surface area contributed by atoms with Crippen LogP contribution in [-0.4, -0.2) is 39.4 Å². The number of hydrogen-bond donors (Lipinski definition) is 2. The fourth-order valence-electron chi connectivity index (χ4n) is 2.08. The first-order valence-electron chi connectivity index (χ1n) is 8.44. The Balaban J connectivity index is 2.51. The molecule has 0 heterocycles. The summed E-state index contributed by atoms with van der Waals surface area (Å²) in [5.41, 5.74) is 2.26. The molecule has 2 N–H and O–H groups in total. The lowest BCUT2D eigenvalue weighted by Crippen LogP contribution is -2.39. The molecule has 0 radical (unpaired) electrons. The quantitative estimate of drug-likeness (QED) is 0.395. The van der Waals surface area contributed by atoms with Crippen molar-refractivity contribution in [2.75, 3.05) is 33.4 Å². The number of nitrogens with one attached hydrogen (secondary N) is 2. The summed E-state index contributed by atoms with van der Waals surface area (Å²) < 4.78 is 11.0. The maximum Gasteiger partial charge on any atom is 0.191 e. The highest BCUT2D eigenvalue weighted by atomic mass is 16.5. The van der Waals surface area contributed by atoms with Crippen LogP contribution >= 0.6 is 0 Å². The third-order valence-corrected chi connectivity index (χ3v) is 3.38. The number of rotatable bonds is 10. The van der Waals surface area contributed by atoms with E-state index >= 15 is 0 Å². The summed E-state index contributed by atoms with van der Waals surface area (Å²) >= 11 is 0. The van der Waals surface area contributed by atoms with Crippen LogP contribution in [0.2, 0.25) is 0 Å². The molecule has 0 bridgehead atoms. The second kappa shape index (κ2) is 11.8. The Morgan fingerprint density at radius 3 is 2.70 bits per heavy atom. The van der Waals surface area contributed by atoms with Gasteiger partial charge in [0, 0.05) is 25.3 Å². The van der Waals surface area contributed by atoms with Crippen molar-refractivity contribution in [3.8, 4) is 5.75 Å². The fourth-order valence-corrected chi connectivity index (χ4v) is 2.08. The average molecular weight is 321 g/mol. The number of guanidine groups is 1. The Hall–Kier alpha value is -1.75. The molecule has 0 amide bonds. The molecule has 0 spiro atoms. The van der Waals surface area contributed by atoms with E-state index in [1.165, 1.54) is 5.56 Å². The van der Waals surface area contributed by atoms with E-state index in [1.54, 1.807) is 7.11 Å². The minimum atomic E-state index is 0.579. The third kappa shape index (κ3) is 7.88. The van der Waals surface area contributed by atoms with E-state index < -0.39 is 0 Å². The number of hydrogen-bond acceptors (Lipinski definition) is 3. The molecule has 0 aliphatic heterocycles. The van der Waals surface area contributed by atoms with Crippen LogP contribution in [0.25, 0.3) is 0 Å². The summed E-state index contributed by atoms with van der Waals surface area (Å²) in [7, 11) is 1.69. The maximum absolute atomic E-state index is 5.55. The van der Waals surface area contributed by atoms with Crippen LogP contribution in [0.15, 0.2) is 23.2 Å². The van der Waals surface area contributed by atoms with Crippen LogP contribution in [0.5, 0.6) is 5.75 Å². The molecular formula is C18H31N3O2. The molecule has 0 aliphatic rings. The van der Waals surface area contributed by atoms with Gasteiger partial charge in [0.2, 0.25) is 0 Å². The highest BCUT2D eigenvalue weighted by Gasteiger charge is 2.03. The third-order valence-electron chi connectivity index (χ3n) is 3.38. The van der Waals surface area contributed by atoms with E-state index in [0.717, 1.165) is 49.8 Å². The van der Waals surface area contributed by atoms with Crippen LogP contribution < -0.4 is 15.4 Å². The van der Waals surface area contributed by atoms with Gasteiger partial charge in [-0.25, -0.2) is 4.99 Å². The predicted molar refractivity (Wildman–Crippen MR) is 96.3 cm³/mol. The van der Waals surface area contributed by atoms with Gasteiger partial charge in [-0.3, -0.25) is 0 Å². The number of unbranched alkanes of at least 4 members (excludes halogenated alkanes) is 1. The molecule has 0 aromatic heterocycles. The molecule has 0 saturated heterocycles. The van der Waals surface area contributed by atoms with E-state index in [0.29, 0.717) is 13.2 Å². The van der Waals surface area contributed by atoms with Crippen molar-refractivity contribution in [2.45, 2.75) is 40.2 Å². The average Bonchev–Trinajstić information content (AvgIpc) is 2.56. The van der Waals surface area contributed by atoms with Gasteiger partial charge >= 0.3 is 0 Å². The van der Waals surface area contributed by atoms with Gasteiger partial charge in [0.15, 0.2) is 5.96 Å². The molecule has 1 rings (SSSR count). The van der Waals surface area contributed by atoms with E-state index in [1.807, 2.05) is 6.07 Å². The summed E-state index contributed by atoms with van der Waals surface area (Å²) in [5.74, 6) is 1.68. The fraction of sp³-hybridized carbons (Fsp3) is 0.611. The standard InChI is InChI=1S/C18H31N3O2/c1-5-7-11-23-12-10-20-18(19-6-2)21-14-16-9-8-15(3)13-17(16)22-4/h8-9,13H,5-7,10-12,14H2,1-4H3,(H2,19,20,21). The van der Waals surface area contributed by atoms with Gasteiger partial charge in [-0.2, -0.15) is 0 Å². The Bertz CT molecular complexity index is 475. The Kier molecular flexibility index (Phi) is 9.87.